The third-order valence-corrected chi connectivity index (χ3v) is 3.76. The van der Waals surface area contributed by atoms with Crippen molar-refractivity contribution in [2.24, 2.45) is 0 Å². The average molecular weight is 412 g/mol. The minimum absolute atomic E-state index is 0.117. The Hall–Kier alpha value is -2.75. The molecule has 0 bridgehead atoms. The topological polar surface area (TPSA) is 83.6 Å². The maximum Gasteiger partial charge on any atom is 0.416 e. The molecule has 0 atom stereocenters. The molecular weight excluding hydrogens is 403 g/mol. The van der Waals surface area contributed by atoms with E-state index in [4.69, 9.17) is 0 Å². The summed E-state index contributed by atoms with van der Waals surface area (Å²) in [5.41, 5.74) is -0.211. The maximum absolute atomic E-state index is 12.8. The number of hydrogen-bond donors (Lipinski definition) is 2. The van der Waals surface area contributed by atoms with Crippen LogP contribution in [0.1, 0.15) is 15.9 Å². The second-order valence-electron chi connectivity index (χ2n) is 4.96. The third kappa shape index (κ3) is 3.85. The fourth-order valence-corrected chi connectivity index (χ4v) is 2.48. The van der Waals surface area contributed by atoms with E-state index in [1.54, 1.807) is 18.2 Å². The number of H-pyrrole nitrogens is 1. The van der Waals surface area contributed by atoms with Crippen molar-refractivity contribution in [3.8, 4) is 11.4 Å². The van der Waals surface area contributed by atoms with Crippen molar-refractivity contribution >= 4 is 27.5 Å². The van der Waals surface area contributed by atoms with Gasteiger partial charge in [-0.15, -0.1) is 10.2 Å². The molecule has 10 heteroatoms. The number of tetrazole rings is 1. The van der Waals surface area contributed by atoms with Crippen molar-refractivity contribution in [2.45, 2.75) is 6.18 Å². The fraction of sp³-hybridized carbons (Fsp3) is 0.0667. The molecule has 1 amide bonds. The van der Waals surface area contributed by atoms with E-state index in [-0.39, 0.29) is 11.4 Å². The zero-order chi connectivity index (χ0) is 18.0. The molecule has 0 spiro atoms. The molecule has 3 aromatic rings. The van der Waals surface area contributed by atoms with Gasteiger partial charge in [0.1, 0.15) is 0 Å². The van der Waals surface area contributed by atoms with Gasteiger partial charge in [-0.25, -0.2) is 0 Å². The molecule has 0 aliphatic heterocycles. The molecule has 0 aliphatic carbocycles. The monoisotopic (exact) mass is 411 g/mol. The summed E-state index contributed by atoms with van der Waals surface area (Å²) in [5, 5.41) is 16.0. The number of benzene rings is 2. The highest BCUT2D eigenvalue weighted by Gasteiger charge is 2.31. The number of anilines is 1. The summed E-state index contributed by atoms with van der Waals surface area (Å²) in [6.07, 6.45) is -4.53. The Morgan fingerprint density at radius 2 is 1.96 bits per heavy atom. The molecular formula is C15H9BrF3N5O. The Morgan fingerprint density at radius 3 is 2.64 bits per heavy atom. The summed E-state index contributed by atoms with van der Waals surface area (Å²) >= 11 is 3.28. The smallest absolute Gasteiger partial charge is 0.321 e. The van der Waals surface area contributed by atoms with Crippen LogP contribution in [0.5, 0.6) is 0 Å². The van der Waals surface area contributed by atoms with Gasteiger partial charge < -0.3 is 5.32 Å². The molecule has 0 radical (unpaired) electrons. The van der Waals surface area contributed by atoms with Gasteiger partial charge in [-0.1, -0.05) is 22.0 Å². The van der Waals surface area contributed by atoms with Crippen molar-refractivity contribution in [1.29, 1.82) is 0 Å². The number of amides is 1. The fourth-order valence-electron chi connectivity index (χ4n) is 2.12. The minimum atomic E-state index is -4.53. The Labute approximate surface area is 147 Å². The van der Waals surface area contributed by atoms with Crippen molar-refractivity contribution in [2.75, 3.05) is 5.32 Å². The Kier molecular flexibility index (Phi) is 4.53. The zero-order valence-electron chi connectivity index (χ0n) is 12.3. The second kappa shape index (κ2) is 6.63. The first kappa shape index (κ1) is 17.1. The molecule has 0 fully saturated rings. The van der Waals surface area contributed by atoms with Crippen molar-refractivity contribution in [3.63, 3.8) is 0 Å². The summed E-state index contributed by atoms with van der Waals surface area (Å²) in [4.78, 5) is 12.4. The first-order valence-corrected chi connectivity index (χ1v) is 7.66. The summed E-state index contributed by atoms with van der Waals surface area (Å²) in [6.45, 7) is 0. The van der Waals surface area contributed by atoms with E-state index in [0.29, 0.717) is 15.7 Å². The first-order chi connectivity index (χ1) is 11.8. The number of alkyl halides is 3. The molecule has 2 N–H and O–H groups in total. The molecule has 25 heavy (non-hydrogen) atoms. The van der Waals surface area contributed by atoms with Gasteiger partial charge in [0.2, 0.25) is 5.82 Å². The van der Waals surface area contributed by atoms with Crippen molar-refractivity contribution in [1.82, 2.24) is 20.6 Å². The number of rotatable bonds is 3. The lowest BCUT2D eigenvalue weighted by atomic mass is 10.1. The van der Waals surface area contributed by atoms with Gasteiger partial charge in [0.15, 0.2) is 0 Å². The van der Waals surface area contributed by atoms with E-state index in [2.05, 4.69) is 41.9 Å². The lowest BCUT2D eigenvalue weighted by Gasteiger charge is -2.11. The number of nitrogens with one attached hydrogen (secondary N) is 2. The second-order valence-corrected chi connectivity index (χ2v) is 5.87. The first-order valence-electron chi connectivity index (χ1n) is 6.86. The highest BCUT2D eigenvalue weighted by atomic mass is 79.9. The SMILES string of the molecule is O=C(Nc1cc(Br)ccc1-c1nn[nH]n1)c1cccc(C(F)(F)F)c1. The Bertz CT molecular complexity index is 912. The highest BCUT2D eigenvalue weighted by Crippen LogP contribution is 2.31. The van der Waals surface area contributed by atoms with Gasteiger partial charge >= 0.3 is 6.18 Å². The maximum atomic E-state index is 12.8. The van der Waals surface area contributed by atoms with Gasteiger partial charge in [0.05, 0.1) is 11.3 Å². The third-order valence-electron chi connectivity index (χ3n) is 3.27. The van der Waals surface area contributed by atoms with E-state index in [9.17, 15) is 18.0 Å². The Morgan fingerprint density at radius 1 is 1.16 bits per heavy atom. The van der Waals surface area contributed by atoms with Crippen LogP contribution in [-0.4, -0.2) is 26.5 Å². The quantitative estimate of drug-likeness (QED) is 0.684. The van der Waals surface area contributed by atoms with Crippen LogP contribution in [0.2, 0.25) is 0 Å². The van der Waals surface area contributed by atoms with Gasteiger partial charge in [0, 0.05) is 15.6 Å². The van der Waals surface area contributed by atoms with Crippen LogP contribution >= 0.6 is 15.9 Å². The van der Waals surface area contributed by atoms with Crippen LogP contribution in [0.4, 0.5) is 18.9 Å². The zero-order valence-corrected chi connectivity index (χ0v) is 13.9. The van der Waals surface area contributed by atoms with Crippen LogP contribution in [-0.2, 0) is 6.18 Å². The predicted octanol–water partition coefficient (Wildman–Crippen LogP) is 3.90. The number of carbonyl (C=O) groups excluding carboxylic acids is 1. The molecule has 0 unspecified atom stereocenters. The van der Waals surface area contributed by atoms with E-state index in [1.165, 1.54) is 12.1 Å². The molecule has 3 rings (SSSR count). The molecule has 1 heterocycles. The summed E-state index contributed by atoms with van der Waals surface area (Å²) in [5.74, 6) is -0.444. The number of aromatic amines is 1. The van der Waals surface area contributed by atoms with Crippen LogP contribution in [0, 0.1) is 0 Å². The molecule has 1 aromatic heterocycles. The number of hydrogen-bond acceptors (Lipinski definition) is 4. The van der Waals surface area contributed by atoms with E-state index in [1.807, 2.05) is 0 Å². The molecule has 6 nitrogen and oxygen atoms in total. The molecule has 2 aromatic carbocycles. The number of aromatic nitrogens is 4. The highest BCUT2D eigenvalue weighted by molar-refractivity contribution is 9.10. The van der Waals surface area contributed by atoms with Crippen LogP contribution in [0.25, 0.3) is 11.4 Å². The summed E-state index contributed by atoms with van der Waals surface area (Å²) in [6, 6.07) is 9.14. The van der Waals surface area contributed by atoms with Crippen LogP contribution in [0.15, 0.2) is 46.9 Å². The largest absolute Gasteiger partial charge is 0.416 e. The van der Waals surface area contributed by atoms with Gasteiger partial charge in [-0.05, 0) is 41.6 Å². The standard InChI is InChI=1S/C15H9BrF3N5O/c16-10-4-5-11(13-21-23-24-22-13)12(7-10)20-14(25)8-2-1-3-9(6-8)15(17,18)19/h1-7H,(H,20,25)(H,21,22,23,24). The molecule has 0 saturated heterocycles. The van der Waals surface area contributed by atoms with Crippen LogP contribution < -0.4 is 5.32 Å². The number of halogens is 4. The number of carbonyl (C=O) groups is 1. The Balaban J connectivity index is 1.93. The predicted molar refractivity (Wildman–Crippen MR) is 86.7 cm³/mol. The lowest BCUT2D eigenvalue weighted by molar-refractivity contribution is -0.137. The number of nitrogens with zero attached hydrogens (tertiary/aromatic N) is 3. The average Bonchev–Trinajstić information content (AvgIpc) is 3.08. The molecule has 128 valence electrons. The normalized spacial score (nSPS) is 11.4. The van der Waals surface area contributed by atoms with Crippen LogP contribution in [0.3, 0.4) is 0 Å². The summed E-state index contributed by atoms with van der Waals surface area (Å²) in [7, 11) is 0. The van der Waals surface area contributed by atoms with Gasteiger partial charge in [-0.3, -0.25) is 4.79 Å². The van der Waals surface area contributed by atoms with Crippen molar-refractivity contribution in [3.05, 3.63) is 58.1 Å². The van der Waals surface area contributed by atoms with E-state index >= 15 is 0 Å². The van der Waals surface area contributed by atoms with Gasteiger partial charge in [0.25, 0.3) is 5.91 Å². The minimum Gasteiger partial charge on any atom is -0.321 e. The lowest BCUT2D eigenvalue weighted by Crippen LogP contribution is -2.14. The summed E-state index contributed by atoms with van der Waals surface area (Å²) < 4.78 is 39.1. The van der Waals surface area contributed by atoms with E-state index in [0.717, 1.165) is 12.1 Å². The van der Waals surface area contributed by atoms with Crippen molar-refractivity contribution < 1.29 is 18.0 Å². The van der Waals surface area contributed by atoms with Gasteiger partial charge in [-0.2, -0.15) is 18.4 Å². The van der Waals surface area contributed by atoms with E-state index < -0.39 is 17.6 Å². The molecule has 0 saturated carbocycles. The molecule has 0 aliphatic rings.